The molecule has 6 rings (SSSR count). The van der Waals surface area contributed by atoms with Gasteiger partial charge in [0, 0.05) is 62.1 Å². The largest absolute Gasteiger partial charge is 0.387 e. The fraction of sp³-hybridized carbons (Fsp3) is 0.370. The molecule has 1 amide bonds. The molecule has 2 saturated heterocycles. The molecule has 192 valence electrons. The molecule has 0 aliphatic carbocycles. The second kappa shape index (κ2) is 10.1. The van der Waals surface area contributed by atoms with Crippen LogP contribution in [0.4, 0.5) is 17.2 Å². The SMILES string of the molecule is CC(=O)N1CCN(n2cc(-c3cc4c(c(Nc5ccc(N6CCOCC6)cc5)n3)CNC=C4)cn2)CC1. The zero-order valence-corrected chi connectivity index (χ0v) is 21.1. The van der Waals surface area contributed by atoms with Crippen molar-refractivity contribution in [3.05, 3.63) is 60.1 Å². The molecule has 2 N–H and O–H groups in total. The molecular weight excluding hydrogens is 468 g/mol. The molecule has 37 heavy (non-hydrogen) atoms. The van der Waals surface area contributed by atoms with Crippen molar-refractivity contribution in [3.63, 3.8) is 0 Å². The number of ether oxygens (including phenoxy) is 1. The molecule has 0 bridgehead atoms. The Balaban J connectivity index is 1.23. The molecular formula is C27H32N8O2. The molecule has 0 unspecified atom stereocenters. The van der Waals surface area contributed by atoms with Crippen molar-refractivity contribution in [2.75, 3.05) is 67.7 Å². The first-order valence-electron chi connectivity index (χ1n) is 12.8. The summed E-state index contributed by atoms with van der Waals surface area (Å²) < 4.78 is 5.48. The first kappa shape index (κ1) is 23.4. The number of carbonyl (C=O) groups is 1. The highest BCUT2D eigenvalue weighted by Crippen LogP contribution is 2.30. The second-order valence-electron chi connectivity index (χ2n) is 9.52. The minimum absolute atomic E-state index is 0.123. The lowest BCUT2D eigenvalue weighted by Gasteiger charge is -2.35. The maximum Gasteiger partial charge on any atom is 0.219 e. The predicted octanol–water partition coefficient (Wildman–Crippen LogP) is 2.40. The van der Waals surface area contributed by atoms with E-state index in [4.69, 9.17) is 9.72 Å². The van der Waals surface area contributed by atoms with Gasteiger partial charge in [0.1, 0.15) is 5.82 Å². The molecule has 3 aliphatic heterocycles. The Kier molecular flexibility index (Phi) is 6.40. The fourth-order valence-electron chi connectivity index (χ4n) is 5.02. The van der Waals surface area contributed by atoms with Gasteiger partial charge in [0.25, 0.3) is 0 Å². The van der Waals surface area contributed by atoms with Gasteiger partial charge in [-0.05, 0) is 48.2 Å². The Hall–Kier alpha value is -4.05. The van der Waals surface area contributed by atoms with E-state index >= 15 is 0 Å². The molecule has 10 heteroatoms. The molecule has 3 aliphatic rings. The summed E-state index contributed by atoms with van der Waals surface area (Å²) in [5, 5.41) is 13.6. The summed E-state index contributed by atoms with van der Waals surface area (Å²) >= 11 is 0. The highest BCUT2D eigenvalue weighted by atomic mass is 16.5. The molecule has 0 radical (unpaired) electrons. The number of pyridine rings is 1. The molecule has 10 nitrogen and oxygen atoms in total. The number of morpholine rings is 1. The minimum Gasteiger partial charge on any atom is -0.387 e. The van der Waals surface area contributed by atoms with Crippen LogP contribution in [0.5, 0.6) is 0 Å². The highest BCUT2D eigenvalue weighted by Gasteiger charge is 2.21. The van der Waals surface area contributed by atoms with Gasteiger partial charge < -0.3 is 25.2 Å². The smallest absolute Gasteiger partial charge is 0.219 e. The van der Waals surface area contributed by atoms with Crippen LogP contribution in [0.3, 0.4) is 0 Å². The van der Waals surface area contributed by atoms with E-state index in [1.54, 1.807) is 6.92 Å². The number of hydrogen-bond donors (Lipinski definition) is 2. The normalized spacial score (nSPS) is 17.4. The monoisotopic (exact) mass is 500 g/mol. The molecule has 1 aromatic carbocycles. The van der Waals surface area contributed by atoms with Gasteiger partial charge in [-0.25, -0.2) is 4.98 Å². The maximum atomic E-state index is 11.7. The van der Waals surface area contributed by atoms with E-state index in [9.17, 15) is 4.79 Å². The number of carbonyl (C=O) groups excluding carboxylic acids is 1. The number of aromatic nitrogens is 3. The Labute approximate surface area is 216 Å². The Morgan fingerprint density at radius 1 is 1.05 bits per heavy atom. The van der Waals surface area contributed by atoms with E-state index < -0.39 is 0 Å². The number of rotatable bonds is 5. The number of benzene rings is 1. The van der Waals surface area contributed by atoms with Gasteiger partial charge in [-0.1, -0.05) is 0 Å². The second-order valence-corrected chi connectivity index (χ2v) is 9.52. The summed E-state index contributed by atoms with van der Waals surface area (Å²) in [4.78, 5) is 22.8. The van der Waals surface area contributed by atoms with Gasteiger partial charge >= 0.3 is 0 Å². The van der Waals surface area contributed by atoms with Crippen LogP contribution in [0, 0.1) is 0 Å². The number of amides is 1. The minimum atomic E-state index is 0.123. The molecule has 0 saturated carbocycles. The molecule has 2 aromatic heterocycles. The van der Waals surface area contributed by atoms with Crippen molar-refractivity contribution in [2.24, 2.45) is 0 Å². The summed E-state index contributed by atoms with van der Waals surface area (Å²) in [6.45, 7) is 8.63. The third kappa shape index (κ3) is 4.97. The Morgan fingerprint density at radius 2 is 1.84 bits per heavy atom. The standard InChI is InChI=1S/C27H32N8O2/c1-20(36)32-8-10-34(11-9-32)35-19-22(17-29-35)26-16-21-6-7-28-18-25(21)27(31-26)30-23-2-4-24(5-3-23)33-12-14-37-15-13-33/h2-7,16-17,19,28H,8-15,18H2,1H3,(H,30,31). The lowest BCUT2D eigenvalue weighted by atomic mass is 10.0. The van der Waals surface area contributed by atoms with E-state index in [1.165, 1.54) is 5.69 Å². The summed E-state index contributed by atoms with van der Waals surface area (Å²) in [5.41, 5.74) is 6.30. The van der Waals surface area contributed by atoms with Gasteiger partial charge in [0.2, 0.25) is 5.91 Å². The van der Waals surface area contributed by atoms with Gasteiger partial charge in [-0.3, -0.25) is 9.80 Å². The van der Waals surface area contributed by atoms with Crippen molar-refractivity contribution in [1.82, 2.24) is 25.1 Å². The van der Waals surface area contributed by atoms with Gasteiger partial charge in [0.15, 0.2) is 0 Å². The van der Waals surface area contributed by atoms with Crippen LogP contribution in [-0.2, 0) is 16.1 Å². The Morgan fingerprint density at radius 3 is 2.59 bits per heavy atom. The molecule has 0 spiro atoms. The number of nitrogens with one attached hydrogen (secondary N) is 2. The Bertz CT molecular complexity index is 1290. The molecule has 2 fully saturated rings. The van der Waals surface area contributed by atoms with Crippen LogP contribution >= 0.6 is 0 Å². The van der Waals surface area contributed by atoms with Crippen molar-refractivity contribution in [1.29, 1.82) is 0 Å². The number of piperazine rings is 1. The summed E-state index contributed by atoms with van der Waals surface area (Å²) in [6.07, 6.45) is 7.94. The van der Waals surface area contributed by atoms with Crippen LogP contribution in [0.15, 0.2) is 48.9 Å². The van der Waals surface area contributed by atoms with E-state index in [1.807, 2.05) is 28.3 Å². The molecule has 3 aromatic rings. The third-order valence-electron chi connectivity index (χ3n) is 7.18. The number of anilines is 3. The van der Waals surface area contributed by atoms with Crippen LogP contribution in [0.2, 0.25) is 0 Å². The average molecular weight is 501 g/mol. The van der Waals surface area contributed by atoms with E-state index in [0.717, 1.165) is 73.3 Å². The van der Waals surface area contributed by atoms with E-state index in [0.29, 0.717) is 19.6 Å². The third-order valence-corrected chi connectivity index (χ3v) is 7.18. The first-order chi connectivity index (χ1) is 18.1. The zero-order valence-electron chi connectivity index (χ0n) is 21.1. The molecule has 5 heterocycles. The number of nitrogens with zero attached hydrogens (tertiary/aromatic N) is 6. The average Bonchev–Trinajstić information content (AvgIpc) is 3.44. The summed E-state index contributed by atoms with van der Waals surface area (Å²) in [6, 6.07) is 10.6. The van der Waals surface area contributed by atoms with E-state index in [-0.39, 0.29) is 5.91 Å². The van der Waals surface area contributed by atoms with E-state index in [2.05, 4.69) is 62.0 Å². The zero-order chi connectivity index (χ0) is 25.2. The summed E-state index contributed by atoms with van der Waals surface area (Å²) in [5.74, 6) is 0.962. The van der Waals surface area contributed by atoms with Gasteiger partial charge in [0.05, 0.1) is 44.4 Å². The van der Waals surface area contributed by atoms with Crippen molar-refractivity contribution >= 4 is 29.2 Å². The lowest BCUT2D eigenvalue weighted by molar-refractivity contribution is -0.129. The van der Waals surface area contributed by atoms with Crippen molar-refractivity contribution in [3.8, 4) is 11.3 Å². The van der Waals surface area contributed by atoms with Gasteiger partial charge in [-0.15, -0.1) is 0 Å². The van der Waals surface area contributed by atoms with Crippen LogP contribution in [-0.4, -0.2) is 78.2 Å². The van der Waals surface area contributed by atoms with Crippen LogP contribution < -0.4 is 20.5 Å². The quantitative estimate of drug-likeness (QED) is 0.552. The summed E-state index contributed by atoms with van der Waals surface area (Å²) in [7, 11) is 0. The molecule has 0 atom stereocenters. The van der Waals surface area contributed by atoms with Crippen molar-refractivity contribution in [2.45, 2.75) is 13.5 Å². The van der Waals surface area contributed by atoms with Crippen LogP contribution in [0.1, 0.15) is 18.1 Å². The van der Waals surface area contributed by atoms with Crippen molar-refractivity contribution < 1.29 is 9.53 Å². The van der Waals surface area contributed by atoms with Gasteiger partial charge in [-0.2, -0.15) is 9.89 Å². The highest BCUT2D eigenvalue weighted by molar-refractivity contribution is 5.74. The van der Waals surface area contributed by atoms with Crippen LogP contribution in [0.25, 0.3) is 17.3 Å². The predicted molar refractivity (Wildman–Crippen MR) is 144 cm³/mol. The maximum absolute atomic E-state index is 11.7. The number of hydrogen-bond acceptors (Lipinski definition) is 8. The lowest BCUT2D eigenvalue weighted by Crippen LogP contribution is -2.52. The number of fused-ring (bicyclic) bond motifs is 1. The fourth-order valence-corrected chi connectivity index (χ4v) is 5.02. The topological polar surface area (TPSA) is 90.8 Å². The first-order valence-corrected chi connectivity index (χ1v) is 12.8.